The minimum Gasteiger partial charge on any atom is -0.471 e. The van der Waals surface area contributed by atoms with Gasteiger partial charge in [0.25, 0.3) is 5.59 Å². The van der Waals surface area contributed by atoms with E-state index in [9.17, 15) is 14.7 Å². The van der Waals surface area contributed by atoms with Gasteiger partial charge in [-0.05, 0) is 18.2 Å². The van der Waals surface area contributed by atoms with E-state index in [1.807, 2.05) is 0 Å². The SMILES string of the molecule is O=C(OC[C@H](O)[Si@@H]1CCOC1=O)c1ccccc1. The molecule has 0 saturated carbocycles. The molecule has 0 amide bonds. The van der Waals surface area contributed by atoms with Crippen molar-refractivity contribution < 1.29 is 24.2 Å². The highest BCUT2D eigenvalue weighted by Gasteiger charge is 2.36. The van der Waals surface area contributed by atoms with Crippen LogP contribution in [0, 0.1) is 0 Å². The van der Waals surface area contributed by atoms with Gasteiger partial charge in [-0.25, -0.2) is 4.79 Å². The Morgan fingerprint density at radius 1 is 1.44 bits per heavy atom. The van der Waals surface area contributed by atoms with Gasteiger partial charge in [0.2, 0.25) is 8.80 Å². The first-order valence-electron chi connectivity index (χ1n) is 5.75. The second kappa shape index (κ2) is 5.79. The Balaban J connectivity index is 1.84. The average Bonchev–Trinajstić information content (AvgIpc) is 2.83. The lowest BCUT2D eigenvalue weighted by Crippen LogP contribution is -2.38. The summed E-state index contributed by atoms with van der Waals surface area (Å²) in [5, 5.41) is 9.80. The van der Waals surface area contributed by atoms with Crippen molar-refractivity contribution >= 4 is 20.4 Å². The number of cyclic esters (lactones) is 1. The molecule has 6 heteroatoms. The molecule has 1 aromatic carbocycles. The van der Waals surface area contributed by atoms with Crippen LogP contribution in [0.5, 0.6) is 0 Å². The van der Waals surface area contributed by atoms with E-state index in [2.05, 4.69) is 0 Å². The molecule has 0 aromatic heterocycles. The number of hydrogen-bond acceptors (Lipinski definition) is 5. The maximum absolute atomic E-state index is 11.6. The molecule has 0 unspecified atom stereocenters. The van der Waals surface area contributed by atoms with E-state index in [1.165, 1.54) is 0 Å². The van der Waals surface area contributed by atoms with Gasteiger partial charge in [0.15, 0.2) is 0 Å². The van der Waals surface area contributed by atoms with Crippen molar-refractivity contribution in [3.63, 3.8) is 0 Å². The zero-order valence-corrected chi connectivity index (χ0v) is 10.9. The van der Waals surface area contributed by atoms with Gasteiger partial charge in [-0.3, -0.25) is 4.79 Å². The monoisotopic (exact) mass is 266 g/mol. The van der Waals surface area contributed by atoms with Crippen LogP contribution in [0.3, 0.4) is 0 Å². The van der Waals surface area contributed by atoms with Crippen molar-refractivity contribution in [1.82, 2.24) is 0 Å². The highest BCUT2D eigenvalue weighted by molar-refractivity contribution is 6.90. The van der Waals surface area contributed by atoms with Crippen molar-refractivity contribution in [3.8, 4) is 0 Å². The second-order valence-corrected chi connectivity index (χ2v) is 7.13. The minimum atomic E-state index is -2.00. The van der Waals surface area contributed by atoms with Crippen LogP contribution >= 0.6 is 0 Å². The van der Waals surface area contributed by atoms with Gasteiger partial charge in [0, 0.05) is 0 Å². The molecule has 96 valence electrons. The Labute approximate surface area is 106 Å². The summed E-state index contributed by atoms with van der Waals surface area (Å²) >= 11 is 0. The highest BCUT2D eigenvalue weighted by atomic mass is 28.3. The van der Waals surface area contributed by atoms with Gasteiger partial charge < -0.3 is 14.6 Å². The zero-order chi connectivity index (χ0) is 13.0. The molecule has 2 atom stereocenters. The largest absolute Gasteiger partial charge is 0.471 e. The fourth-order valence-electron chi connectivity index (χ4n) is 1.80. The number of carbonyl (C=O) groups is 2. The third-order valence-corrected chi connectivity index (χ3v) is 5.59. The highest BCUT2D eigenvalue weighted by Crippen LogP contribution is 2.12. The van der Waals surface area contributed by atoms with E-state index in [-0.39, 0.29) is 12.2 Å². The topological polar surface area (TPSA) is 72.8 Å². The first-order chi connectivity index (χ1) is 8.68. The first kappa shape index (κ1) is 12.8. The maximum Gasteiger partial charge on any atom is 0.338 e. The molecule has 2 rings (SSSR count). The Morgan fingerprint density at radius 2 is 2.17 bits per heavy atom. The number of benzene rings is 1. The molecule has 1 aliphatic heterocycles. The summed E-state index contributed by atoms with van der Waals surface area (Å²) < 4.78 is 9.79. The summed E-state index contributed by atoms with van der Waals surface area (Å²) in [6.45, 7) is 0.235. The van der Waals surface area contributed by atoms with Gasteiger partial charge in [-0.15, -0.1) is 0 Å². The van der Waals surface area contributed by atoms with Crippen molar-refractivity contribution in [2.75, 3.05) is 13.2 Å². The molecule has 1 heterocycles. The Kier molecular flexibility index (Phi) is 4.11. The second-order valence-electron chi connectivity index (χ2n) is 4.09. The van der Waals surface area contributed by atoms with E-state index >= 15 is 0 Å². The lowest BCUT2D eigenvalue weighted by Gasteiger charge is -2.13. The number of ether oxygens (including phenoxy) is 2. The van der Waals surface area contributed by atoms with Crippen molar-refractivity contribution in [1.29, 1.82) is 0 Å². The smallest absolute Gasteiger partial charge is 0.338 e. The number of rotatable bonds is 4. The molecule has 0 radical (unpaired) electrons. The van der Waals surface area contributed by atoms with Crippen LogP contribution in [0.4, 0.5) is 4.79 Å². The molecule has 0 spiro atoms. The van der Waals surface area contributed by atoms with E-state index in [1.54, 1.807) is 30.3 Å². The molecule has 1 N–H and O–H groups in total. The molecule has 18 heavy (non-hydrogen) atoms. The van der Waals surface area contributed by atoms with Crippen LogP contribution in [0.15, 0.2) is 30.3 Å². The van der Waals surface area contributed by atoms with Gasteiger partial charge in [-0.1, -0.05) is 18.2 Å². The predicted molar refractivity (Wildman–Crippen MR) is 66.0 cm³/mol. The summed E-state index contributed by atoms with van der Waals surface area (Å²) in [7, 11) is -2.00. The molecular weight excluding hydrogens is 252 g/mol. The summed E-state index contributed by atoms with van der Waals surface area (Å²) in [5.74, 6) is -0.491. The normalized spacial score (nSPS) is 20.3. The van der Waals surface area contributed by atoms with E-state index in [4.69, 9.17) is 9.47 Å². The standard InChI is InChI=1S/C12H14O5Si/c13-10(18-7-6-16-12(18)15)8-17-11(14)9-4-2-1-3-5-9/h1-5,10,13,18H,6-8H2/t10-,18+/m1/s1. The van der Waals surface area contributed by atoms with Crippen LogP contribution in [0.1, 0.15) is 10.4 Å². The number of aliphatic hydroxyl groups excluding tert-OH is 1. The Hall–Kier alpha value is -1.66. The summed E-state index contributed by atoms with van der Waals surface area (Å²) in [6.07, 6.45) is 0. The third-order valence-electron chi connectivity index (χ3n) is 2.84. The number of esters is 1. The van der Waals surface area contributed by atoms with Crippen LogP contribution in [-0.2, 0) is 9.47 Å². The van der Waals surface area contributed by atoms with Gasteiger partial charge in [0.1, 0.15) is 6.61 Å². The number of aliphatic hydroxyl groups is 1. The van der Waals surface area contributed by atoms with Crippen LogP contribution < -0.4 is 0 Å². The maximum atomic E-state index is 11.6. The predicted octanol–water partition coefficient (Wildman–Crippen LogP) is 0.703. The summed E-state index contributed by atoms with van der Waals surface area (Å²) in [6, 6.07) is 9.13. The molecule has 1 aromatic rings. The molecule has 0 bridgehead atoms. The minimum absolute atomic E-state index is 0.139. The van der Waals surface area contributed by atoms with Gasteiger partial charge in [-0.2, -0.15) is 0 Å². The average molecular weight is 266 g/mol. The molecule has 1 saturated heterocycles. The summed E-state index contributed by atoms with van der Waals surface area (Å²) in [5.41, 5.74) is -0.730. The van der Waals surface area contributed by atoms with Crippen LogP contribution in [0.2, 0.25) is 6.04 Å². The molecule has 1 fully saturated rings. The third kappa shape index (κ3) is 2.96. The van der Waals surface area contributed by atoms with E-state index < -0.39 is 20.5 Å². The molecular formula is C12H14O5Si. The Bertz CT molecular complexity index is 433. The zero-order valence-electron chi connectivity index (χ0n) is 9.74. The van der Waals surface area contributed by atoms with Crippen molar-refractivity contribution in [2.45, 2.75) is 11.8 Å². The van der Waals surface area contributed by atoms with Crippen LogP contribution in [0.25, 0.3) is 0 Å². The summed E-state index contributed by atoms with van der Waals surface area (Å²) in [4.78, 5) is 22.9. The quantitative estimate of drug-likeness (QED) is 0.641. The molecule has 0 aliphatic carbocycles. The van der Waals surface area contributed by atoms with E-state index in [0.29, 0.717) is 18.2 Å². The van der Waals surface area contributed by atoms with Crippen LogP contribution in [-0.4, -0.2) is 44.4 Å². The van der Waals surface area contributed by atoms with Crippen molar-refractivity contribution in [3.05, 3.63) is 35.9 Å². The lowest BCUT2D eigenvalue weighted by molar-refractivity contribution is 0.0379. The first-order valence-corrected chi connectivity index (χ1v) is 7.81. The van der Waals surface area contributed by atoms with E-state index in [0.717, 1.165) is 0 Å². The fourth-order valence-corrected chi connectivity index (χ4v) is 3.76. The number of hydrogen-bond donors (Lipinski definition) is 1. The van der Waals surface area contributed by atoms with Gasteiger partial charge >= 0.3 is 5.97 Å². The Morgan fingerprint density at radius 3 is 2.78 bits per heavy atom. The number of carbonyl (C=O) groups excluding carboxylic acids is 2. The lowest BCUT2D eigenvalue weighted by atomic mass is 10.2. The van der Waals surface area contributed by atoms with Gasteiger partial charge in [0.05, 0.1) is 17.9 Å². The molecule has 1 aliphatic rings. The fraction of sp³-hybridized carbons (Fsp3) is 0.333. The molecule has 5 nitrogen and oxygen atoms in total. The van der Waals surface area contributed by atoms with Crippen molar-refractivity contribution in [2.24, 2.45) is 0 Å².